The summed E-state index contributed by atoms with van der Waals surface area (Å²) < 4.78 is 4.90. The summed E-state index contributed by atoms with van der Waals surface area (Å²) in [7, 11) is 0. The van der Waals surface area contributed by atoms with E-state index in [0.29, 0.717) is 0 Å². The maximum absolute atomic E-state index is 11.1. The van der Waals surface area contributed by atoms with E-state index in [2.05, 4.69) is 11.1 Å². The van der Waals surface area contributed by atoms with Crippen molar-refractivity contribution in [1.29, 1.82) is 0 Å². The van der Waals surface area contributed by atoms with Gasteiger partial charge in [0, 0.05) is 12.3 Å². The van der Waals surface area contributed by atoms with E-state index in [1.54, 1.807) is 26.0 Å². The predicted molar refractivity (Wildman–Crippen MR) is 43.6 cm³/mol. The molecular formula is C9H10NO2. The molecule has 0 aliphatic heterocycles. The van der Waals surface area contributed by atoms with Crippen LogP contribution in [0.4, 0.5) is 0 Å². The molecule has 0 N–H and O–H groups in total. The van der Waals surface area contributed by atoms with Crippen molar-refractivity contribution in [2.24, 2.45) is 0 Å². The van der Waals surface area contributed by atoms with Crippen molar-refractivity contribution < 1.29 is 9.53 Å². The van der Waals surface area contributed by atoms with Gasteiger partial charge in [-0.25, -0.2) is 9.78 Å². The summed E-state index contributed by atoms with van der Waals surface area (Å²) in [6.07, 6.45) is 1.42. The second-order valence-electron chi connectivity index (χ2n) is 2.58. The molecule has 1 aromatic heterocycles. The highest BCUT2D eigenvalue weighted by Gasteiger charge is 2.08. The Morgan fingerprint density at radius 3 is 2.92 bits per heavy atom. The number of pyridine rings is 1. The number of hydrogen-bond donors (Lipinski definition) is 0. The molecule has 63 valence electrons. The minimum atomic E-state index is -0.425. The zero-order chi connectivity index (χ0) is 8.97. The van der Waals surface area contributed by atoms with E-state index in [-0.39, 0.29) is 11.8 Å². The SMILES string of the molecule is CC(C)OC(=O)c1[c]cccn1. The monoisotopic (exact) mass is 164 g/mol. The smallest absolute Gasteiger partial charge is 0.357 e. The van der Waals surface area contributed by atoms with Crippen LogP contribution >= 0.6 is 0 Å². The molecule has 0 aliphatic carbocycles. The molecule has 1 rings (SSSR count). The molecule has 0 aromatic carbocycles. The van der Waals surface area contributed by atoms with Crippen LogP contribution < -0.4 is 0 Å². The topological polar surface area (TPSA) is 39.2 Å². The van der Waals surface area contributed by atoms with E-state index >= 15 is 0 Å². The van der Waals surface area contributed by atoms with Crippen LogP contribution in [-0.4, -0.2) is 17.1 Å². The van der Waals surface area contributed by atoms with Crippen LogP contribution in [-0.2, 0) is 4.74 Å². The summed E-state index contributed by atoms with van der Waals surface area (Å²) >= 11 is 0. The van der Waals surface area contributed by atoms with Crippen molar-refractivity contribution in [3.8, 4) is 0 Å². The molecule has 1 heterocycles. The third kappa shape index (κ3) is 2.34. The van der Waals surface area contributed by atoms with Gasteiger partial charge in [-0.1, -0.05) is 6.07 Å². The minimum Gasteiger partial charge on any atom is -0.458 e. The van der Waals surface area contributed by atoms with Crippen LogP contribution in [0.25, 0.3) is 0 Å². The lowest BCUT2D eigenvalue weighted by Gasteiger charge is -2.05. The summed E-state index contributed by atoms with van der Waals surface area (Å²) in [4.78, 5) is 14.9. The number of carbonyl (C=O) groups is 1. The lowest BCUT2D eigenvalue weighted by Crippen LogP contribution is -2.12. The molecule has 0 spiro atoms. The Bertz CT molecular complexity index is 256. The first kappa shape index (κ1) is 8.71. The number of nitrogens with zero attached hydrogens (tertiary/aromatic N) is 1. The number of hydrogen-bond acceptors (Lipinski definition) is 3. The van der Waals surface area contributed by atoms with Crippen molar-refractivity contribution >= 4 is 5.97 Å². The number of aromatic nitrogens is 1. The first-order valence-electron chi connectivity index (χ1n) is 3.74. The summed E-state index contributed by atoms with van der Waals surface area (Å²) in [6.45, 7) is 3.58. The predicted octanol–water partition coefficient (Wildman–Crippen LogP) is 1.45. The highest BCUT2D eigenvalue weighted by Crippen LogP contribution is 1.98. The Balaban J connectivity index is 2.66. The molecule has 3 heteroatoms. The van der Waals surface area contributed by atoms with Gasteiger partial charge in [-0.05, 0) is 19.9 Å². The van der Waals surface area contributed by atoms with E-state index in [4.69, 9.17) is 4.74 Å². The lowest BCUT2D eigenvalue weighted by atomic mass is 10.3. The molecule has 0 amide bonds. The first-order chi connectivity index (χ1) is 5.70. The molecule has 0 bridgehead atoms. The summed E-state index contributed by atoms with van der Waals surface area (Å²) in [5, 5.41) is 0. The summed E-state index contributed by atoms with van der Waals surface area (Å²) in [5.74, 6) is -0.425. The summed E-state index contributed by atoms with van der Waals surface area (Å²) in [5.41, 5.74) is 0.228. The van der Waals surface area contributed by atoms with Gasteiger partial charge >= 0.3 is 5.97 Å². The quantitative estimate of drug-likeness (QED) is 0.621. The van der Waals surface area contributed by atoms with Crippen LogP contribution in [0.5, 0.6) is 0 Å². The maximum Gasteiger partial charge on any atom is 0.357 e. The van der Waals surface area contributed by atoms with Crippen molar-refractivity contribution in [2.75, 3.05) is 0 Å². The Morgan fingerprint density at radius 1 is 1.67 bits per heavy atom. The largest absolute Gasteiger partial charge is 0.458 e. The Hall–Kier alpha value is -1.38. The van der Waals surface area contributed by atoms with Gasteiger partial charge in [0.1, 0.15) is 0 Å². The van der Waals surface area contributed by atoms with Crippen LogP contribution in [0.2, 0.25) is 0 Å². The zero-order valence-corrected chi connectivity index (χ0v) is 7.07. The Kier molecular flexibility index (Phi) is 2.80. The van der Waals surface area contributed by atoms with E-state index in [1.165, 1.54) is 6.20 Å². The fourth-order valence-corrected chi connectivity index (χ4v) is 0.706. The van der Waals surface area contributed by atoms with Gasteiger partial charge in [0.15, 0.2) is 5.69 Å². The molecule has 0 saturated heterocycles. The first-order valence-corrected chi connectivity index (χ1v) is 3.74. The fourth-order valence-electron chi connectivity index (χ4n) is 0.706. The van der Waals surface area contributed by atoms with E-state index in [0.717, 1.165) is 0 Å². The molecule has 1 aromatic rings. The van der Waals surface area contributed by atoms with Gasteiger partial charge in [-0.15, -0.1) is 0 Å². The van der Waals surface area contributed by atoms with Crippen molar-refractivity contribution in [1.82, 2.24) is 4.98 Å². The van der Waals surface area contributed by atoms with E-state index < -0.39 is 5.97 Å². The molecule has 0 aliphatic rings. The zero-order valence-electron chi connectivity index (χ0n) is 7.07. The third-order valence-electron chi connectivity index (χ3n) is 1.14. The minimum absolute atomic E-state index is 0.118. The van der Waals surface area contributed by atoms with Crippen molar-refractivity contribution in [3.63, 3.8) is 0 Å². The van der Waals surface area contributed by atoms with Crippen LogP contribution in [0.3, 0.4) is 0 Å². The second kappa shape index (κ2) is 3.85. The normalized spacial score (nSPS) is 9.92. The van der Waals surface area contributed by atoms with Gasteiger partial charge < -0.3 is 4.74 Å². The molecule has 0 atom stereocenters. The highest BCUT2D eigenvalue weighted by atomic mass is 16.5. The Morgan fingerprint density at radius 2 is 2.42 bits per heavy atom. The second-order valence-corrected chi connectivity index (χ2v) is 2.58. The number of esters is 1. The third-order valence-corrected chi connectivity index (χ3v) is 1.14. The highest BCUT2D eigenvalue weighted by molar-refractivity contribution is 5.86. The molecular weight excluding hydrogens is 154 g/mol. The van der Waals surface area contributed by atoms with Crippen LogP contribution in [0.15, 0.2) is 18.3 Å². The van der Waals surface area contributed by atoms with Crippen LogP contribution in [0, 0.1) is 6.07 Å². The number of rotatable bonds is 2. The average molecular weight is 164 g/mol. The van der Waals surface area contributed by atoms with Gasteiger partial charge in [0.25, 0.3) is 0 Å². The standard InChI is InChI=1S/C9H10NO2/c1-7(2)12-9(11)8-5-3-4-6-10-8/h3-4,6-7H,1-2H3. The molecule has 12 heavy (non-hydrogen) atoms. The van der Waals surface area contributed by atoms with Crippen LogP contribution in [0.1, 0.15) is 24.3 Å². The lowest BCUT2D eigenvalue weighted by molar-refractivity contribution is 0.0370. The van der Waals surface area contributed by atoms with Crippen molar-refractivity contribution in [2.45, 2.75) is 20.0 Å². The molecule has 0 saturated carbocycles. The maximum atomic E-state index is 11.1. The van der Waals surface area contributed by atoms with Gasteiger partial charge in [0.2, 0.25) is 0 Å². The van der Waals surface area contributed by atoms with Gasteiger partial charge in [0.05, 0.1) is 6.10 Å². The fraction of sp³-hybridized carbons (Fsp3) is 0.333. The molecule has 1 radical (unpaired) electrons. The summed E-state index contributed by atoms with van der Waals surface area (Å²) in [6, 6.07) is 6.02. The van der Waals surface area contributed by atoms with Gasteiger partial charge in [-0.2, -0.15) is 0 Å². The van der Waals surface area contributed by atoms with E-state index in [1.807, 2.05) is 0 Å². The van der Waals surface area contributed by atoms with Gasteiger partial charge in [-0.3, -0.25) is 0 Å². The Labute approximate surface area is 71.4 Å². The number of ether oxygens (including phenoxy) is 1. The number of carbonyl (C=O) groups excluding carboxylic acids is 1. The van der Waals surface area contributed by atoms with E-state index in [9.17, 15) is 4.79 Å². The molecule has 0 fully saturated rings. The average Bonchev–Trinajstić information content (AvgIpc) is 2.05. The molecule has 0 unspecified atom stereocenters. The molecule has 3 nitrogen and oxygen atoms in total. The van der Waals surface area contributed by atoms with Crippen molar-refractivity contribution in [3.05, 3.63) is 30.1 Å².